The van der Waals surface area contributed by atoms with E-state index in [1.807, 2.05) is 19.1 Å². The first-order valence-corrected chi connectivity index (χ1v) is 12.8. The number of hydrogen-bond donors (Lipinski definition) is 1. The molecule has 182 valence electrons. The van der Waals surface area contributed by atoms with E-state index in [9.17, 15) is 18.0 Å². The van der Waals surface area contributed by atoms with E-state index in [1.54, 1.807) is 19.1 Å². The van der Waals surface area contributed by atoms with Gasteiger partial charge in [0.1, 0.15) is 0 Å². The lowest BCUT2D eigenvalue weighted by atomic mass is 10.1. The number of benzene rings is 2. The molecule has 0 saturated heterocycles. The van der Waals surface area contributed by atoms with Crippen molar-refractivity contribution in [2.45, 2.75) is 31.2 Å². The molecule has 0 bridgehead atoms. The average molecular weight is 534 g/mol. The van der Waals surface area contributed by atoms with Gasteiger partial charge in [-0.2, -0.15) is 0 Å². The molecule has 1 N–H and O–H groups in total. The summed E-state index contributed by atoms with van der Waals surface area (Å²) < 4.78 is 33.3. The van der Waals surface area contributed by atoms with E-state index in [0.717, 1.165) is 5.56 Å². The number of amides is 1. The number of aromatic nitrogens is 1. The zero-order valence-electron chi connectivity index (χ0n) is 18.8. The number of pyridine rings is 1. The molecule has 0 saturated carbocycles. The van der Waals surface area contributed by atoms with Crippen LogP contribution in [0.1, 0.15) is 28.4 Å². The molecule has 0 radical (unpaired) electrons. The average Bonchev–Trinajstić information content (AvgIpc) is 3.19. The van der Waals surface area contributed by atoms with Crippen LogP contribution in [0.25, 0.3) is 0 Å². The number of esters is 1. The molecule has 2 aromatic carbocycles. The van der Waals surface area contributed by atoms with Crippen molar-refractivity contribution in [3.05, 3.63) is 81.5 Å². The Hall–Kier alpha value is -3.14. The number of nitrogens with zero attached hydrogens (tertiary/aromatic N) is 2. The molecule has 2 heterocycles. The third-order valence-corrected chi connectivity index (χ3v) is 8.33. The van der Waals surface area contributed by atoms with Gasteiger partial charge in [0.05, 0.1) is 26.2 Å². The zero-order valence-corrected chi connectivity index (χ0v) is 21.1. The van der Waals surface area contributed by atoms with Crippen LogP contribution in [-0.4, -0.2) is 37.9 Å². The minimum absolute atomic E-state index is 0.00231. The number of sulfonamides is 1. The van der Waals surface area contributed by atoms with Crippen molar-refractivity contribution in [2.24, 2.45) is 0 Å². The van der Waals surface area contributed by atoms with Crippen LogP contribution in [0, 0.1) is 6.92 Å². The normalized spacial score (nSPS) is 15.0. The van der Waals surface area contributed by atoms with Gasteiger partial charge in [-0.15, -0.1) is 0 Å². The van der Waals surface area contributed by atoms with E-state index in [0.29, 0.717) is 22.7 Å². The van der Waals surface area contributed by atoms with Crippen molar-refractivity contribution >= 4 is 56.6 Å². The van der Waals surface area contributed by atoms with Crippen LogP contribution >= 0.6 is 23.2 Å². The predicted molar refractivity (Wildman–Crippen MR) is 134 cm³/mol. The Morgan fingerprint density at radius 3 is 2.69 bits per heavy atom. The van der Waals surface area contributed by atoms with Crippen molar-refractivity contribution < 1.29 is 22.7 Å². The van der Waals surface area contributed by atoms with Gasteiger partial charge in [-0.25, -0.2) is 18.2 Å². The highest BCUT2D eigenvalue weighted by Gasteiger charge is 2.36. The fourth-order valence-corrected chi connectivity index (χ4v) is 5.96. The lowest BCUT2D eigenvalue weighted by molar-refractivity contribution is -0.119. The summed E-state index contributed by atoms with van der Waals surface area (Å²) in [6, 6.07) is 12.6. The predicted octanol–water partition coefficient (Wildman–Crippen LogP) is 4.63. The summed E-state index contributed by atoms with van der Waals surface area (Å²) in [5, 5.41) is 2.97. The Labute approximate surface area is 212 Å². The molecule has 4 rings (SSSR count). The van der Waals surface area contributed by atoms with E-state index in [2.05, 4.69) is 10.3 Å². The molecule has 8 nitrogen and oxygen atoms in total. The van der Waals surface area contributed by atoms with Gasteiger partial charge >= 0.3 is 5.97 Å². The lowest BCUT2D eigenvalue weighted by Crippen LogP contribution is -2.35. The number of hydrogen-bond acceptors (Lipinski definition) is 6. The highest BCUT2D eigenvalue weighted by Crippen LogP contribution is 2.36. The summed E-state index contributed by atoms with van der Waals surface area (Å²) in [5.74, 6) is -1.43. The standard InChI is InChI=1S/C24H21Cl2N3O5S/c1-14-10-16-6-3-4-9-20(16)29(14)35(32,33)18-8-5-7-17(11-18)24(31)34-13-21(30)28-23-22(26)15(2)19(25)12-27-23/h3-9,11-12,14H,10,13H2,1-2H3,(H,27,28,30)/t14-/m0/s1. The summed E-state index contributed by atoms with van der Waals surface area (Å²) in [6.07, 6.45) is 1.94. The molecule has 35 heavy (non-hydrogen) atoms. The number of anilines is 2. The van der Waals surface area contributed by atoms with E-state index in [-0.39, 0.29) is 27.3 Å². The van der Waals surface area contributed by atoms with Crippen LogP contribution in [0.15, 0.2) is 59.6 Å². The smallest absolute Gasteiger partial charge is 0.338 e. The SMILES string of the molecule is Cc1c(Cl)cnc(NC(=O)COC(=O)c2cccc(S(=O)(=O)N3c4ccccc4C[C@@H]3C)c2)c1Cl. The molecule has 0 unspecified atom stereocenters. The summed E-state index contributed by atoms with van der Waals surface area (Å²) >= 11 is 12.1. The quantitative estimate of drug-likeness (QED) is 0.463. The topological polar surface area (TPSA) is 106 Å². The third kappa shape index (κ3) is 4.98. The Balaban J connectivity index is 1.47. The van der Waals surface area contributed by atoms with Gasteiger partial charge in [0.2, 0.25) is 0 Å². The van der Waals surface area contributed by atoms with Crippen LogP contribution in [0.3, 0.4) is 0 Å². The lowest BCUT2D eigenvalue weighted by Gasteiger charge is -2.24. The molecule has 3 aromatic rings. The maximum Gasteiger partial charge on any atom is 0.338 e. The fourth-order valence-electron chi connectivity index (χ4n) is 3.83. The monoisotopic (exact) mass is 533 g/mol. The molecular weight excluding hydrogens is 513 g/mol. The van der Waals surface area contributed by atoms with Crippen molar-refractivity contribution in [3.8, 4) is 0 Å². The number of ether oxygens (including phenoxy) is 1. The second-order valence-corrected chi connectivity index (χ2v) is 10.6. The maximum atomic E-state index is 13.4. The van der Waals surface area contributed by atoms with E-state index in [1.165, 1.54) is 34.8 Å². The number of rotatable bonds is 6. The van der Waals surface area contributed by atoms with Crippen molar-refractivity contribution in [1.82, 2.24) is 4.98 Å². The molecule has 11 heteroatoms. The first kappa shape index (κ1) is 25.0. The third-order valence-electron chi connectivity index (χ3n) is 5.57. The minimum atomic E-state index is -3.93. The summed E-state index contributed by atoms with van der Waals surface area (Å²) in [5.41, 5.74) is 2.10. The van der Waals surface area contributed by atoms with Crippen LogP contribution in [-0.2, 0) is 26.0 Å². The molecule has 0 aliphatic carbocycles. The van der Waals surface area contributed by atoms with Gasteiger partial charge < -0.3 is 10.1 Å². The Kier molecular flexibility index (Phi) is 7.02. The molecule has 0 spiro atoms. The van der Waals surface area contributed by atoms with Crippen LogP contribution < -0.4 is 9.62 Å². The number of halogens is 2. The molecular formula is C24H21Cl2N3O5S. The fraction of sp³-hybridized carbons (Fsp3) is 0.208. The van der Waals surface area contributed by atoms with Crippen LogP contribution in [0.5, 0.6) is 0 Å². The van der Waals surface area contributed by atoms with Crippen molar-refractivity contribution in [2.75, 3.05) is 16.2 Å². The number of para-hydroxylation sites is 1. The van der Waals surface area contributed by atoms with Crippen molar-refractivity contribution in [1.29, 1.82) is 0 Å². The van der Waals surface area contributed by atoms with Gasteiger partial charge in [0, 0.05) is 12.2 Å². The van der Waals surface area contributed by atoms with Crippen molar-refractivity contribution in [3.63, 3.8) is 0 Å². The molecule has 1 atom stereocenters. The second-order valence-electron chi connectivity index (χ2n) is 8.03. The Bertz CT molecular complexity index is 1430. The summed E-state index contributed by atoms with van der Waals surface area (Å²) in [7, 11) is -3.93. The number of carbonyl (C=O) groups is 2. The minimum Gasteiger partial charge on any atom is -0.452 e. The highest BCUT2D eigenvalue weighted by molar-refractivity contribution is 7.92. The molecule has 1 aliphatic rings. The van der Waals surface area contributed by atoms with Gasteiger partial charge in [0.25, 0.3) is 15.9 Å². The molecule has 1 aromatic heterocycles. The first-order valence-electron chi connectivity index (χ1n) is 10.6. The number of carbonyl (C=O) groups excluding carboxylic acids is 2. The largest absolute Gasteiger partial charge is 0.452 e. The van der Waals surface area contributed by atoms with Gasteiger partial charge in [-0.3, -0.25) is 9.10 Å². The second kappa shape index (κ2) is 9.85. The van der Waals surface area contributed by atoms with E-state index < -0.39 is 28.5 Å². The summed E-state index contributed by atoms with van der Waals surface area (Å²) in [6.45, 7) is 2.88. The first-order chi connectivity index (χ1) is 16.6. The van der Waals surface area contributed by atoms with Crippen LogP contribution in [0.4, 0.5) is 11.5 Å². The van der Waals surface area contributed by atoms with Gasteiger partial charge in [0.15, 0.2) is 12.4 Å². The summed E-state index contributed by atoms with van der Waals surface area (Å²) in [4.78, 5) is 28.7. The van der Waals surface area contributed by atoms with E-state index in [4.69, 9.17) is 27.9 Å². The number of nitrogens with one attached hydrogen (secondary N) is 1. The van der Waals surface area contributed by atoms with Gasteiger partial charge in [-0.05, 0) is 55.7 Å². The molecule has 1 amide bonds. The maximum absolute atomic E-state index is 13.4. The van der Waals surface area contributed by atoms with E-state index >= 15 is 0 Å². The highest BCUT2D eigenvalue weighted by atomic mass is 35.5. The Morgan fingerprint density at radius 1 is 1.17 bits per heavy atom. The zero-order chi connectivity index (χ0) is 25.3. The molecule has 0 fully saturated rings. The van der Waals surface area contributed by atoms with Gasteiger partial charge in [-0.1, -0.05) is 47.5 Å². The Morgan fingerprint density at radius 2 is 1.91 bits per heavy atom. The molecule has 1 aliphatic heterocycles. The number of fused-ring (bicyclic) bond motifs is 1. The van der Waals surface area contributed by atoms with Crippen LogP contribution in [0.2, 0.25) is 10.0 Å².